The Morgan fingerprint density at radius 3 is 3.00 bits per heavy atom. The highest BCUT2D eigenvalue weighted by Gasteiger charge is 2.07. The topological polar surface area (TPSA) is 50.3 Å². The van der Waals surface area contributed by atoms with Gasteiger partial charge in [0.2, 0.25) is 0 Å². The van der Waals surface area contributed by atoms with E-state index in [9.17, 15) is 0 Å². The van der Waals surface area contributed by atoms with Crippen molar-refractivity contribution in [2.75, 3.05) is 7.11 Å². The van der Waals surface area contributed by atoms with Crippen LogP contribution >= 0.6 is 15.9 Å². The molecule has 0 radical (unpaired) electrons. The van der Waals surface area contributed by atoms with Crippen molar-refractivity contribution in [1.29, 1.82) is 5.26 Å². The molecular formula is C9H6BrN3O. The van der Waals surface area contributed by atoms with Crippen molar-refractivity contribution in [3.05, 3.63) is 28.6 Å². The van der Waals surface area contributed by atoms with Gasteiger partial charge in [-0.3, -0.25) is 4.40 Å². The lowest BCUT2D eigenvalue weighted by molar-refractivity contribution is 0.414. The number of nitriles is 1. The summed E-state index contributed by atoms with van der Waals surface area (Å²) in [6.45, 7) is 0. The summed E-state index contributed by atoms with van der Waals surface area (Å²) in [5.41, 5.74) is 1.18. The summed E-state index contributed by atoms with van der Waals surface area (Å²) < 4.78 is 7.54. The molecular weight excluding hydrogens is 246 g/mol. The molecule has 0 N–H and O–H groups in total. The number of ether oxygens (including phenoxy) is 1. The summed E-state index contributed by atoms with van der Waals surface area (Å²) in [4.78, 5) is 4.09. The van der Waals surface area contributed by atoms with Crippen LogP contribution in [0.1, 0.15) is 5.69 Å². The minimum absolute atomic E-state index is 0.495. The van der Waals surface area contributed by atoms with Gasteiger partial charge in [0.25, 0.3) is 0 Å². The van der Waals surface area contributed by atoms with Crippen molar-refractivity contribution >= 4 is 21.6 Å². The van der Waals surface area contributed by atoms with Crippen LogP contribution in [-0.4, -0.2) is 16.5 Å². The maximum atomic E-state index is 8.81. The van der Waals surface area contributed by atoms with E-state index in [0.29, 0.717) is 17.1 Å². The van der Waals surface area contributed by atoms with Gasteiger partial charge >= 0.3 is 0 Å². The van der Waals surface area contributed by atoms with Gasteiger partial charge in [-0.1, -0.05) is 0 Å². The molecule has 0 aliphatic carbocycles. The molecule has 0 spiro atoms. The lowest BCUT2D eigenvalue weighted by Crippen LogP contribution is -1.92. The van der Waals surface area contributed by atoms with E-state index in [-0.39, 0.29) is 0 Å². The van der Waals surface area contributed by atoms with Gasteiger partial charge in [0.15, 0.2) is 0 Å². The van der Waals surface area contributed by atoms with E-state index in [2.05, 4.69) is 27.0 Å². The third-order valence-corrected chi connectivity index (χ3v) is 2.47. The summed E-state index contributed by atoms with van der Waals surface area (Å²) in [5, 5.41) is 8.81. The molecule has 0 bridgehead atoms. The van der Waals surface area contributed by atoms with Gasteiger partial charge in [0.05, 0.1) is 17.9 Å². The number of imidazole rings is 1. The molecule has 2 aromatic heterocycles. The quantitative estimate of drug-likeness (QED) is 0.729. The first kappa shape index (κ1) is 9.03. The number of pyridine rings is 1. The second-order valence-corrected chi connectivity index (χ2v) is 3.48. The van der Waals surface area contributed by atoms with E-state index >= 15 is 0 Å². The van der Waals surface area contributed by atoms with Crippen LogP contribution in [-0.2, 0) is 0 Å². The minimum Gasteiger partial charge on any atom is -0.497 e. The van der Waals surface area contributed by atoms with Gasteiger partial charge in [-0.2, -0.15) is 5.26 Å². The van der Waals surface area contributed by atoms with Crippen molar-refractivity contribution in [2.45, 2.75) is 0 Å². The summed E-state index contributed by atoms with van der Waals surface area (Å²) in [7, 11) is 1.59. The molecule has 0 aliphatic heterocycles. The molecule has 0 fully saturated rings. The fraction of sp³-hybridized carbons (Fsp3) is 0.111. The van der Waals surface area contributed by atoms with Crippen LogP contribution in [0.5, 0.6) is 5.75 Å². The Hall–Kier alpha value is -1.54. The summed E-state index contributed by atoms with van der Waals surface area (Å²) >= 11 is 3.35. The second-order valence-electron chi connectivity index (χ2n) is 2.67. The number of aromatic nitrogens is 2. The molecule has 0 unspecified atom stereocenters. The predicted molar refractivity (Wildman–Crippen MR) is 54.2 cm³/mol. The highest BCUT2D eigenvalue weighted by atomic mass is 79.9. The summed E-state index contributed by atoms with van der Waals surface area (Å²) in [6.07, 6.45) is 1.53. The molecule has 14 heavy (non-hydrogen) atoms. The molecule has 2 heterocycles. The SMILES string of the molecule is COc1cc(Br)n2c(C#N)cnc2c1. The van der Waals surface area contributed by atoms with Gasteiger partial charge in [-0.15, -0.1) is 0 Å². The van der Waals surface area contributed by atoms with E-state index in [4.69, 9.17) is 10.00 Å². The van der Waals surface area contributed by atoms with Crippen LogP contribution in [0.15, 0.2) is 22.9 Å². The number of halogens is 1. The number of hydrogen-bond donors (Lipinski definition) is 0. The summed E-state index contributed by atoms with van der Waals surface area (Å²) in [5.74, 6) is 0.708. The Bertz CT molecular complexity index is 527. The Morgan fingerprint density at radius 2 is 2.36 bits per heavy atom. The third kappa shape index (κ3) is 1.24. The number of fused-ring (bicyclic) bond motifs is 1. The first-order chi connectivity index (χ1) is 6.76. The Labute approximate surface area is 88.9 Å². The largest absolute Gasteiger partial charge is 0.497 e. The average Bonchev–Trinajstić information content (AvgIpc) is 2.61. The van der Waals surface area contributed by atoms with E-state index in [0.717, 1.165) is 4.60 Å². The molecule has 0 atom stereocenters. The first-order valence-electron chi connectivity index (χ1n) is 3.87. The molecule has 0 saturated carbocycles. The Morgan fingerprint density at radius 1 is 1.57 bits per heavy atom. The lowest BCUT2D eigenvalue weighted by Gasteiger charge is -2.03. The maximum absolute atomic E-state index is 8.81. The Kier molecular flexibility index (Phi) is 2.14. The molecule has 0 amide bonds. The zero-order chi connectivity index (χ0) is 10.1. The first-order valence-corrected chi connectivity index (χ1v) is 4.66. The number of methoxy groups -OCH3 is 1. The standard InChI is InChI=1S/C9H6BrN3O/c1-14-7-2-8(10)13-6(4-11)5-12-9(13)3-7/h2-3,5H,1H3. The molecule has 0 aromatic carbocycles. The Balaban J connectivity index is 2.80. The maximum Gasteiger partial charge on any atom is 0.145 e. The zero-order valence-electron chi connectivity index (χ0n) is 7.36. The molecule has 4 nitrogen and oxygen atoms in total. The van der Waals surface area contributed by atoms with Crippen LogP contribution in [0.25, 0.3) is 5.65 Å². The van der Waals surface area contributed by atoms with Crippen molar-refractivity contribution in [3.63, 3.8) is 0 Å². The van der Waals surface area contributed by atoms with Crippen LogP contribution in [0.2, 0.25) is 0 Å². The van der Waals surface area contributed by atoms with Crippen LogP contribution in [0, 0.1) is 11.3 Å². The molecule has 0 saturated heterocycles. The van der Waals surface area contributed by atoms with Gasteiger partial charge < -0.3 is 4.74 Å². The van der Waals surface area contributed by atoms with E-state index < -0.39 is 0 Å². The van der Waals surface area contributed by atoms with Crippen LogP contribution in [0.4, 0.5) is 0 Å². The molecule has 0 aliphatic rings. The molecule has 2 aromatic rings. The van der Waals surface area contributed by atoms with Crippen molar-refractivity contribution < 1.29 is 4.74 Å². The van der Waals surface area contributed by atoms with Crippen LogP contribution < -0.4 is 4.74 Å². The van der Waals surface area contributed by atoms with E-state index in [1.807, 2.05) is 0 Å². The van der Waals surface area contributed by atoms with E-state index in [1.54, 1.807) is 23.6 Å². The highest BCUT2D eigenvalue weighted by Crippen LogP contribution is 2.22. The highest BCUT2D eigenvalue weighted by molar-refractivity contribution is 9.10. The van der Waals surface area contributed by atoms with Gasteiger partial charge in [-0.05, 0) is 15.9 Å². The second kappa shape index (κ2) is 3.31. The fourth-order valence-corrected chi connectivity index (χ4v) is 1.84. The number of nitrogens with zero attached hydrogens (tertiary/aromatic N) is 3. The predicted octanol–water partition coefficient (Wildman–Crippen LogP) is 1.98. The van der Waals surface area contributed by atoms with Gasteiger partial charge in [0.1, 0.15) is 23.2 Å². The monoisotopic (exact) mass is 251 g/mol. The minimum atomic E-state index is 0.495. The smallest absolute Gasteiger partial charge is 0.145 e. The molecule has 70 valence electrons. The van der Waals surface area contributed by atoms with Crippen LogP contribution in [0.3, 0.4) is 0 Å². The lowest BCUT2D eigenvalue weighted by atomic mass is 10.4. The number of rotatable bonds is 1. The normalized spacial score (nSPS) is 10.1. The molecule has 2 rings (SSSR count). The van der Waals surface area contributed by atoms with Crippen molar-refractivity contribution in [1.82, 2.24) is 9.38 Å². The number of hydrogen-bond acceptors (Lipinski definition) is 3. The zero-order valence-corrected chi connectivity index (χ0v) is 8.95. The fourth-order valence-electron chi connectivity index (χ4n) is 1.24. The van der Waals surface area contributed by atoms with E-state index in [1.165, 1.54) is 6.20 Å². The van der Waals surface area contributed by atoms with Gasteiger partial charge in [0, 0.05) is 12.1 Å². The third-order valence-electron chi connectivity index (χ3n) is 1.89. The van der Waals surface area contributed by atoms with Crippen molar-refractivity contribution in [2.24, 2.45) is 0 Å². The van der Waals surface area contributed by atoms with Crippen molar-refractivity contribution in [3.8, 4) is 11.8 Å². The average molecular weight is 252 g/mol. The summed E-state index contributed by atoms with van der Waals surface area (Å²) in [6, 6.07) is 5.61. The molecule has 5 heteroatoms. The van der Waals surface area contributed by atoms with Gasteiger partial charge in [-0.25, -0.2) is 4.98 Å².